The first-order chi connectivity index (χ1) is 11.3. The highest BCUT2D eigenvalue weighted by Gasteiger charge is 2.28. The minimum Gasteiger partial charge on any atom is -0.492 e. The molecule has 0 unspecified atom stereocenters. The molecule has 0 amide bonds. The van der Waals surface area contributed by atoms with Crippen LogP contribution in [0, 0.1) is 5.41 Å². The number of oxime groups is 1. The van der Waals surface area contributed by atoms with Crippen LogP contribution in [0.3, 0.4) is 0 Å². The van der Waals surface area contributed by atoms with Gasteiger partial charge in [-0.25, -0.2) is 0 Å². The standard InChI is InChI=1S/C17H19N3O4/c1-17(2,16(21)22)10-24-13-6-3-11(4-7-13)14-8-5-12(9-19-14)15(18)20-23/h3-9,23H,10H2,1-2H3,(H2,18,20)(H,21,22). The van der Waals surface area contributed by atoms with Crippen molar-refractivity contribution in [3.63, 3.8) is 0 Å². The smallest absolute Gasteiger partial charge is 0.312 e. The molecule has 7 nitrogen and oxygen atoms in total. The number of aliphatic carboxylic acids is 1. The number of aromatic nitrogens is 1. The maximum absolute atomic E-state index is 11.1. The molecule has 24 heavy (non-hydrogen) atoms. The molecule has 7 heteroatoms. The molecule has 1 aromatic carbocycles. The second-order valence-electron chi connectivity index (χ2n) is 5.92. The molecule has 1 heterocycles. The minimum atomic E-state index is -0.954. The van der Waals surface area contributed by atoms with Crippen LogP contribution in [0.4, 0.5) is 0 Å². The summed E-state index contributed by atoms with van der Waals surface area (Å²) in [5.41, 5.74) is 6.66. The van der Waals surface area contributed by atoms with Gasteiger partial charge in [-0.2, -0.15) is 0 Å². The Kier molecular flexibility index (Phi) is 5.03. The van der Waals surface area contributed by atoms with Crippen molar-refractivity contribution < 1.29 is 19.8 Å². The van der Waals surface area contributed by atoms with Crippen molar-refractivity contribution >= 4 is 11.8 Å². The number of pyridine rings is 1. The molecule has 1 aromatic heterocycles. The summed E-state index contributed by atoms with van der Waals surface area (Å²) < 4.78 is 5.53. The molecular weight excluding hydrogens is 310 g/mol. The third-order valence-corrected chi connectivity index (χ3v) is 3.50. The SMILES string of the molecule is CC(C)(COc1ccc(-c2ccc(C(N)=NO)cn2)cc1)C(=O)O. The summed E-state index contributed by atoms with van der Waals surface area (Å²) in [5.74, 6) is -0.325. The number of amidine groups is 1. The monoisotopic (exact) mass is 329 g/mol. The van der Waals surface area contributed by atoms with Gasteiger partial charge in [-0.1, -0.05) is 5.16 Å². The fourth-order valence-electron chi connectivity index (χ4n) is 1.82. The van der Waals surface area contributed by atoms with Crippen LogP contribution in [-0.2, 0) is 4.79 Å². The Morgan fingerprint density at radius 1 is 1.25 bits per heavy atom. The van der Waals surface area contributed by atoms with E-state index in [2.05, 4.69) is 10.1 Å². The van der Waals surface area contributed by atoms with Crippen molar-refractivity contribution in [2.24, 2.45) is 16.3 Å². The van der Waals surface area contributed by atoms with Gasteiger partial charge in [-0.05, 0) is 50.2 Å². The lowest BCUT2D eigenvalue weighted by atomic mass is 9.95. The van der Waals surface area contributed by atoms with Gasteiger partial charge in [-0.3, -0.25) is 9.78 Å². The van der Waals surface area contributed by atoms with Crippen molar-refractivity contribution in [1.29, 1.82) is 0 Å². The van der Waals surface area contributed by atoms with Crippen molar-refractivity contribution in [2.75, 3.05) is 6.61 Å². The van der Waals surface area contributed by atoms with Crippen molar-refractivity contribution in [3.05, 3.63) is 48.2 Å². The predicted octanol–water partition coefficient (Wildman–Crippen LogP) is 2.33. The van der Waals surface area contributed by atoms with Crippen molar-refractivity contribution in [2.45, 2.75) is 13.8 Å². The summed E-state index contributed by atoms with van der Waals surface area (Å²) >= 11 is 0. The van der Waals surface area contributed by atoms with Crippen LogP contribution in [-0.4, -0.2) is 33.7 Å². The van der Waals surface area contributed by atoms with Gasteiger partial charge in [0, 0.05) is 17.3 Å². The molecule has 0 spiro atoms. The van der Waals surface area contributed by atoms with Gasteiger partial charge in [-0.15, -0.1) is 0 Å². The molecule has 0 saturated carbocycles. The van der Waals surface area contributed by atoms with E-state index in [9.17, 15) is 4.79 Å². The van der Waals surface area contributed by atoms with Gasteiger partial charge in [0.05, 0.1) is 11.1 Å². The molecular formula is C17H19N3O4. The number of hydrogen-bond acceptors (Lipinski definition) is 5. The van der Waals surface area contributed by atoms with Crippen LogP contribution < -0.4 is 10.5 Å². The molecule has 2 rings (SSSR count). The van der Waals surface area contributed by atoms with Crippen LogP contribution in [0.5, 0.6) is 5.75 Å². The highest BCUT2D eigenvalue weighted by atomic mass is 16.5. The summed E-state index contributed by atoms with van der Waals surface area (Å²) in [5, 5.41) is 20.6. The molecule has 0 aliphatic rings. The first kappa shape index (κ1) is 17.3. The average molecular weight is 329 g/mol. The summed E-state index contributed by atoms with van der Waals surface area (Å²) in [7, 11) is 0. The number of carboxylic acid groups (broad SMARTS) is 1. The number of nitrogens with zero attached hydrogens (tertiary/aromatic N) is 2. The zero-order chi connectivity index (χ0) is 17.7. The van der Waals surface area contributed by atoms with Crippen molar-refractivity contribution in [1.82, 2.24) is 4.98 Å². The van der Waals surface area contributed by atoms with Crippen molar-refractivity contribution in [3.8, 4) is 17.0 Å². The number of ether oxygens (including phenoxy) is 1. The van der Waals surface area contributed by atoms with Crippen LogP contribution in [0.15, 0.2) is 47.8 Å². The fraction of sp³-hybridized carbons (Fsp3) is 0.235. The summed E-state index contributed by atoms with van der Waals surface area (Å²) in [6.07, 6.45) is 1.52. The highest BCUT2D eigenvalue weighted by Crippen LogP contribution is 2.23. The third kappa shape index (κ3) is 4.01. The Hall–Kier alpha value is -3.09. The predicted molar refractivity (Wildman–Crippen MR) is 89.1 cm³/mol. The first-order valence-electron chi connectivity index (χ1n) is 7.24. The Morgan fingerprint density at radius 3 is 2.42 bits per heavy atom. The van der Waals surface area contributed by atoms with E-state index < -0.39 is 11.4 Å². The van der Waals surface area contributed by atoms with E-state index in [0.29, 0.717) is 11.3 Å². The molecule has 2 aromatic rings. The molecule has 4 N–H and O–H groups in total. The van der Waals surface area contributed by atoms with E-state index in [0.717, 1.165) is 11.3 Å². The Morgan fingerprint density at radius 2 is 1.92 bits per heavy atom. The molecule has 0 aliphatic heterocycles. The van der Waals surface area contributed by atoms with Crippen LogP contribution in [0.25, 0.3) is 11.3 Å². The third-order valence-electron chi connectivity index (χ3n) is 3.50. The maximum Gasteiger partial charge on any atom is 0.312 e. The van der Waals surface area contributed by atoms with E-state index >= 15 is 0 Å². The molecule has 0 bridgehead atoms. The molecule has 126 valence electrons. The number of hydrogen-bond donors (Lipinski definition) is 3. The lowest BCUT2D eigenvalue weighted by Crippen LogP contribution is -2.30. The number of carboxylic acids is 1. The summed E-state index contributed by atoms with van der Waals surface area (Å²) in [6.45, 7) is 3.29. The van der Waals surface area contributed by atoms with E-state index in [1.54, 1.807) is 38.1 Å². The molecule has 0 aliphatic carbocycles. The Labute approximate surface area is 139 Å². The molecule has 0 atom stereocenters. The Bertz CT molecular complexity index is 737. The average Bonchev–Trinajstić information content (AvgIpc) is 2.60. The van der Waals surface area contributed by atoms with E-state index in [1.807, 2.05) is 12.1 Å². The second kappa shape index (κ2) is 6.99. The van der Waals surface area contributed by atoms with Crippen LogP contribution in [0.2, 0.25) is 0 Å². The second-order valence-corrected chi connectivity index (χ2v) is 5.92. The topological polar surface area (TPSA) is 118 Å². The highest BCUT2D eigenvalue weighted by molar-refractivity contribution is 5.96. The van der Waals surface area contributed by atoms with Gasteiger partial charge in [0.15, 0.2) is 5.84 Å². The fourth-order valence-corrected chi connectivity index (χ4v) is 1.82. The van der Waals surface area contributed by atoms with Gasteiger partial charge in [0.2, 0.25) is 0 Å². The quantitative estimate of drug-likeness (QED) is 0.324. The Balaban J connectivity index is 2.08. The first-order valence-corrected chi connectivity index (χ1v) is 7.24. The van der Waals surface area contributed by atoms with Gasteiger partial charge in [0.1, 0.15) is 12.4 Å². The van der Waals surface area contributed by atoms with E-state index in [4.69, 9.17) is 20.8 Å². The lowest BCUT2D eigenvalue weighted by Gasteiger charge is -2.19. The summed E-state index contributed by atoms with van der Waals surface area (Å²) in [4.78, 5) is 15.3. The number of nitrogens with two attached hydrogens (primary N) is 1. The summed E-state index contributed by atoms with van der Waals surface area (Å²) in [6, 6.07) is 10.6. The maximum atomic E-state index is 11.1. The number of carbonyl (C=O) groups is 1. The van der Waals surface area contributed by atoms with Gasteiger partial charge < -0.3 is 20.8 Å². The number of benzene rings is 1. The zero-order valence-electron chi connectivity index (χ0n) is 13.4. The van der Waals surface area contributed by atoms with Crippen LogP contribution in [0.1, 0.15) is 19.4 Å². The molecule has 0 radical (unpaired) electrons. The van der Waals surface area contributed by atoms with Gasteiger partial charge >= 0.3 is 5.97 Å². The van der Waals surface area contributed by atoms with Crippen LogP contribution >= 0.6 is 0 Å². The number of rotatable bonds is 6. The van der Waals surface area contributed by atoms with Gasteiger partial charge in [0.25, 0.3) is 0 Å². The zero-order valence-corrected chi connectivity index (χ0v) is 13.4. The normalized spacial score (nSPS) is 12.0. The lowest BCUT2D eigenvalue weighted by molar-refractivity contribution is -0.148. The largest absolute Gasteiger partial charge is 0.492 e. The van der Waals surface area contributed by atoms with E-state index in [1.165, 1.54) is 6.20 Å². The molecule has 0 saturated heterocycles. The minimum absolute atomic E-state index is 0.00107. The molecule has 0 fully saturated rings. The van der Waals surface area contributed by atoms with E-state index in [-0.39, 0.29) is 12.4 Å².